The second kappa shape index (κ2) is 4.38. The van der Waals surface area contributed by atoms with E-state index in [1.165, 1.54) is 12.0 Å². The lowest BCUT2D eigenvalue weighted by Gasteiger charge is -2.37. The Morgan fingerprint density at radius 2 is 2.05 bits per heavy atom. The fourth-order valence-electron chi connectivity index (χ4n) is 3.23. The van der Waals surface area contributed by atoms with Crippen molar-refractivity contribution in [3.05, 3.63) is 36.5 Å². The number of nitrogens with one attached hydrogen (secondary N) is 2. The largest absolute Gasteiger partial charge is 0.355 e. The van der Waals surface area contributed by atoms with Crippen molar-refractivity contribution in [1.82, 2.24) is 14.9 Å². The summed E-state index contributed by atoms with van der Waals surface area (Å²) < 4.78 is 2.34. The third kappa shape index (κ3) is 1.83. The summed E-state index contributed by atoms with van der Waals surface area (Å²) in [4.78, 5) is 4.74. The van der Waals surface area contributed by atoms with E-state index in [4.69, 9.17) is 4.98 Å². The van der Waals surface area contributed by atoms with Gasteiger partial charge in [-0.05, 0) is 13.0 Å². The number of anilines is 1. The summed E-state index contributed by atoms with van der Waals surface area (Å²) in [6.07, 6.45) is 3.41. The first-order valence-corrected chi connectivity index (χ1v) is 7.01. The average molecular weight is 254 g/mol. The van der Waals surface area contributed by atoms with Gasteiger partial charge in [-0.25, -0.2) is 4.98 Å². The van der Waals surface area contributed by atoms with E-state index in [1.807, 2.05) is 6.07 Å². The van der Waals surface area contributed by atoms with E-state index < -0.39 is 0 Å². The minimum Gasteiger partial charge on any atom is -0.355 e. The van der Waals surface area contributed by atoms with Crippen LogP contribution in [0.1, 0.15) is 12.5 Å². The second-order valence-electron chi connectivity index (χ2n) is 5.42. The van der Waals surface area contributed by atoms with Crippen LogP contribution in [0.2, 0.25) is 0 Å². The van der Waals surface area contributed by atoms with Crippen LogP contribution in [-0.4, -0.2) is 29.2 Å². The molecule has 0 spiro atoms. The molecule has 2 aromatic rings. The maximum atomic E-state index is 4.74. The Bertz CT molecular complexity index is 575. The number of rotatable bonds is 1. The van der Waals surface area contributed by atoms with Crippen LogP contribution in [0.15, 0.2) is 36.5 Å². The molecule has 0 aliphatic carbocycles. The number of nitrogens with zero attached hydrogens (tertiary/aromatic N) is 2. The molecule has 1 saturated heterocycles. The van der Waals surface area contributed by atoms with Crippen LogP contribution in [0.5, 0.6) is 0 Å². The van der Waals surface area contributed by atoms with Gasteiger partial charge in [0.05, 0.1) is 5.69 Å². The van der Waals surface area contributed by atoms with Gasteiger partial charge in [0.25, 0.3) is 0 Å². The lowest BCUT2D eigenvalue weighted by atomic mass is 9.92. The van der Waals surface area contributed by atoms with Crippen molar-refractivity contribution in [2.24, 2.45) is 5.92 Å². The molecular formula is C15H18N4. The van der Waals surface area contributed by atoms with Gasteiger partial charge in [-0.1, -0.05) is 30.3 Å². The summed E-state index contributed by atoms with van der Waals surface area (Å²) in [6, 6.07) is 11.0. The molecular weight excluding hydrogens is 236 g/mol. The first kappa shape index (κ1) is 11.1. The van der Waals surface area contributed by atoms with E-state index in [2.05, 4.69) is 45.7 Å². The lowest BCUT2D eigenvalue weighted by Crippen LogP contribution is -2.44. The van der Waals surface area contributed by atoms with Gasteiger partial charge >= 0.3 is 0 Å². The maximum Gasteiger partial charge on any atom is 0.203 e. The Balaban J connectivity index is 1.73. The first-order valence-electron chi connectivity index (χ1n) is 7.01. The highest BCUT2D eigenvalue weighted by molar-refractivity contribution is 5.61. The van der Waals surface area contributed by atoms with Crippen molar-refractivity contribution in [1.29, 1.82) is 0 Å². The van der Waals surface area contributed by atoms with E-state index in [9.17, 15) is 0 Å². The zero-order valence-electron chi connectivity index (χ0n) is 10.8. The van der Waals surface area contributed by atoms with E-state index in [1.54, 1.807) is 0 Å². The van der Waals surface area contributed by atoms with Crippen molar-refractivity contribution in [3.8, 4) is 11.3 Å². The minimum atomic E-state index is 0.600. The zero-order chi connectivity index (χ0) is 12.7. The Hall–Kier alpha value is -1.81. The van der Waals surface area contributed by atoms with Crippen molar-refractivity contribution in [2.75, 3.05) is 25.0 Å². The van der Waals surface area contributed by atoms with Crippen LogP contribution in [0.4, 0.5) is 5.95 Å². The van der Waals surface area contributed by atoms with E-state index in [0.717, 1.165) is 31.3 Å². The van der Waals surface area contributed by atoms with Gasteiger partial charge < -0.3 is 15.2 Å². The maximum absolute atomic E-state index is 4.74. The predicted molar refractivity (Wildman–Crippen MR) is 76.2 cm³/mol. The second-order valence-corrected chi connectivity index (χ2v) is 5.42. The van der Waals surface area contributed by atoms with Crippen LogP contribution in [-0.2, 0) is 0 Å². The van der Waals surface area contributed by atoms with Crippen molar-refractivity contribution < 1.29 is 0 Å². The molecule has 3 heterocycles. The highest BCUT2D eigenvalue weighted by Gasteiger charge is 2.32. The molecule has 1 aromatic heterocycles. The molecule has 98 valence electrons. The summed E-state index contributed by atoms with van der Waals surface area (Å²) in [7, 11) is 0. The fraction of sp³-hybridized carbons (Fsp3) is 0.400. The molecule has 4 nitrogen and oxygen atoms in total. The highest BCUT2D eigenvalue weighted by atomic mass is 15.3. The summed E-state index contributed by atoms with van der Waals surface area (Å²) in [5.74, 6) is 1.71. The average Bonchev–Trinajstić information content (AvgIpc) is 2.93. The molecule has 1 aromatic carbocycles. The number of hydrogen-bond acceptors (Lipinski definition) is 3. The zero-order valence-corrected chi connectivity index (χ0v) is 10.8. The van der Waals surface area contributed by atoms with Crippen molar-refractivity contribution in [3.63, 3.8) is 0 Å². The standard InChI is InChI=1S/C15H18N4/c1-2-4-11(5-3-1)13-10-19-14-6-7-16-8-12(14)9-17-15(19)18-13/h1-5,10,12,14,16H,6-9H2,(H,17,18). The molecule has 2 N–H and O–H groups in total. The van der Waals surface area contributed by atoms with E-state index in [-0.39, 0.29) is 0 Å². The Morgan fingerprint density at radius 3 is 2.95 bits per heavy atom. The number of imidazole rings is 1. The Labute approximate surface area is 112 Å². The number of piperidine rings is 1. The van der Waals surface area contributed by atoms with Gasteiger partial charge in [0, 0.05) is 36.8 Å². The molecule has 2 aliphatic rings. The van der Waals surface area contributed by atoms with Crippen molar-refractivity contribution in [2.45, 2.75) is 12.5 Å². The van der Waals surface area contributed by atoms with E-state index in [0.29, 0.717) is 12.0 Å². The molecule has 0 bridgehead atoms. The molecule has 4 rings (SSSR count). The summed E-state index contributed by atoms with van der Waals surface area (Å²) in [6.45, 7) is 3.25. The molecule has 2 atom stereocenters. The third-order valence-electron chi connectivity index (χ3n) is 4.25. The normalized spacial score (nSPS) is 25.3. The Morgan fingerprint density at radius 1 is 1.16 bits per heavy atom. The van der Waals surface area contributed by atoms with E-state index >= 15 is 0 Å². The monoisotopic (exact) mass is 254 g/mol. The lowest BCUT2D eigenvalue weighted by molar-refractivity contribution is 0.254. The smallest absolute Gasteiger partial charge is 0.203 e. The molecule has 4 heteroatoms. The molecule has 19 heavy (non-hydrogen) atoms. The highest BCUT2D eigenvalue weighted by Crippen LogP contribution is 2.34. The Kier molecular flexibility index (Phi) is 2.55. The van der Waals surface area contributed by atoms with Crippen LogP contribution in [0.3, 0.4) is 0 Å². The minimum absolute atomic E-state index is 0.600. The first-order chi connectivity index (χ1) is 9.42. The number of fused-ring (bicyclic) bond motifs is 3. The van der Waals surface area contributed by atoms with Gasteiger partial charge in [0.1, 0.15) is 0 Å². The van der Waals surface area contributed by atoms with Crippen LogP contribution >= 0.6 is 0 Å². The van der Waals surface area contributed by atoms with Gasteiger partial charge in [-0.3, -0.25) is 0 Å². The molecule has 0 saturated carbocycles. The van der Waals surface area contributed by atoms with Gasteiger partial charge in [0.2, 0.25) is 5.95 Å². The summed E-state index contributed by atoms with van der Waals surface area (Å²) in [5, 5.41) is 6.94. The molecule has 0 radical (unpaired) electrons. The number of hydrogen-bond donors (Lipinski definition) is 2. The van der Waals surface area contributed by atoms with Crippen LogP contribution in [0, 0.1) is 5.92 Å². The number of benzene rings is 1. The third-order valence-corrected chi connectivity index (χ3v) is 4.25. The quantitative estimate of drug-likeness (QED) is 0.819. The summed E-state index contributed by atoms with van der Waals surface area (Å²) in [5.41, 5.74) is 2.26. The molecule has 0 amide bonds. The SMILES string of the molecule is c1ccc(-c2cn3c(n2)NCC2CNCCC23)cc1. The molecule has 2 aliphatic heterocycles. The molecule has 2 unspecified atom stereocenters. The van der Waals surface area contributed by atoms with Gasteiger partial charge in [-0.2, -0.15) is 0 Å². The molecule has 1 fully saturated rings. The van der Waals surface area contributed by atoms with Crippen LogP contribution < -0.4 is 10.6 Å². The number of aromatic nitrogens is 2. The topological polar surface area (TPSA) is 41.9 Å². The van der Waals surface area contributed by atoms with Gasteiger partial charge in [-0.15, -0.1) is 0 Å². The fourth-order valence-corrected chi connectivity index (χ4v) is 3.23. The predicted octanol–water partition coefficient (Wildman–Crippen LogP) is 2.13. The van der Waals surface area contributed by atoms with Crippen molar-refractivity contribution >= 4 is 5.95 Å². The van der Waals surface area contributed by atoms with Gasteiger partial charge in [0.15, 0.2) is 0 Å². The van der Waals surface area contributed by atoms with Crippen LogP contribution in [0.25, 0.3) is 11.3 Å². The summed E-state index contributed by atoms with van der Waals surface area (Å²) >= 11 is 0.